The van der Waals surface area contributed by atoms with Crippen LogP contribution in [0.2, 0.25) is 0 Å². The minimum Gasteiger partial charge on any atom is -0.508 e. The van der Waals surface area contributed by atoms with Gasteiger partial charge >= 0.3 is 0 Å². The van der Waals surface area contributed by atoms with Crippen molar-refractivity contribution in [2.75, 3.05) is 44.7 Å². The van der Waals surface area contributed by atoms with Gasteiger partial charge in [0, 0.05) is 45.5 Å². The molecule has 0 radical (unpaired) electrons. The van der Waals surface area contributed by atoms with Crippen molar-refractivity contribution >= 4 is 22.9 Å². The maximum Gasteiger partial charge on any atom is 0.236 e. The fraction of sp³-hybridized carbons (Fsp3) is 0.389. The monoisotopic (exact) mass is 345 g/mol. The summed E-state index contributed by atoms with van der Waals surface area (Å²) in [6.45, 7) is 4.69. The van der Waals surface area contributed by atoms with Gasteiger partial charge in [-0.2, -0.15) is 11.3 Å². The van der Waals surface area contributed by atoms with E-state index < -0.39 is 0 Å². The van der Waals surface area contributed by atoms with Crippen LogP contribution in [0.1, 0.15) is 5.56 Å². The number of carbonyl (C=O) groups excluding carboxylic acids is 1. The predicted molar refractivity (Wildman–Crippen MR) is 97.6 cm³/mol. The highest BCUT2D eigenvalue weighted by atomic mass is 32.1. The first kappa shape index (κ1) is 16.8. The number of rotatable bonds is 5. The molecule has 5 nitrogen and oxygen atoms in total. The molecule has 1 amide bonds. The molecule has 6 heteroatoms. The van der Waals surface area contributed by atoms with Crippen LogP contribution < -0.4 is 4.90 Å². The first-order chi connectivity index (χ1) is 11.6. The SMILES string of the molecule is CN(Cc1ccsc1)C(=O)CN1CCN(c2ccc(O)cc2)CC1. The van der Waals surface area contributed by atoms with Crippen molar-refractivity contribution in [3.8, 4) is 5.75 Å². The maximum absolute atomic E-state index is 12.4. The number of phenolic OH excluding ortho intramolecular Hbond substituents is 1. The third kappa shape index (κ3) is 4.27. The molecule has 3 rings (SSSR count). The van der Waals surface area contributed by atoms with E-state index in [1.54, 1.807) is 28.4 Å². The number of piperazine rings is 1. The Hall–Kier alpha value is -2.05. The van der Waals surface area contributed by atoms with Crippen molar-refractivity contribution in [1.82, 2.24) is 9.80 Å². The third-order valence-electron chi connectivity index (χ3n) is 4.37. The summed E-state index contributed by atoms with van der Waals surface area (Å²) in [5.74, 6) is 0.455. The van der Waals surface area contributed by atoms with Crippen molar-refractivity contribution in [2.45, 2.75) is 6.54 Å². The van der Waals surface area contributed by atoms with E-state index in [1.807, 2.05) is 24.6 Å². The molecule has 0 unspecified atom stereocenters. The van der Waals surface area contributed by atoms with Gasteiger partial charge < -0.3 is 14.9 Å². The number of anilines is 1. The molecule has 0 aliphatic carbocycles. The van der Waals surface area contributed by atoms with Gasteiger partial charge in [0.05, 0.1) is 6.54 Å². The van der Waals surface area contributed by atoms with E-state index in [0.717, 1.165) is 31.9 Å². The first-order valence-electron chi connectivity index (χ1n) is 8.13. The van der Waals surface area contributed by atoms with Crippen molar-refractivity contribution in [3.05, 3.63) is 46.7 Å². The van der Waals surface area contributed by atoms with Crippen LogP contribution in [0, 0.1) is 0 Å². The Morgan fingerprint density at radius 2 is 1.88 bits per heavy atom. The summed E-state index contributed by atoms with van der Waals surface area (Å²) in [6.07, 6.45) is 0. The Morgan fingerprint density at radius 3 is 2.50 bits per heavy atom. The molecule has 0 atom stereocenters. The van der Waals surface area contributed by atoms with E-state index in [4.69, 9.17) is 0 Å². The number of phenols is 1. The standard InChI is InChI=1S/C18H23N3O2S/c1-19(12-15-6-11-24-14-15)18(23)13-20-7-9-21(10-8-20)16-2-4-17(22)5-3-16/h2-6,11,14,22H,7-10,12-13H2,1H3. The number of thiophene rings is 1. The lowest BCUT2D eigenvalue weighted by Crippen LogP contribution is -2.49. The van der Waals surface area contributed by atoms with E-state index in [1.165, 1.54) is 5.56 Å². The number of likely N-dealkylation sites (N-methyl/N-ethyl adjacent to an activating group) is 1. The summed E-state index contributed by atoms with van der Waals surface area (Å²) >= 11 is 1.66. The van der Waals surface area contributed by atoms with Crippen LogP contribution in [0.4, 0.5) is 5.69 Å². The molecular weight excluding hydrogens is 322 g/mol. The number of hydrogen-bond donors (Lipinski definition) is 1. The van der Waals surface area contributed by atoms with E-state index in [0.29, 0.717) is 13.1 Å². The average molecular weight is 345 g/mol. The zero-order chi connectivity index (χ0) is 16.9. The van der Waals surface area contributed by atoms with E-state index >= 15 is 0 Å². The Balaban J connectivity index is 1.46. The first-order valence-corrected chi connectivity index (χ1v) is 9.07. The number of aromatic hydroxyl groups is 1. The van der Waals surface area contributed by atoms with Crippen LogP contribution in [0.15, 0.2) is 41.1 Å². The summed E-state index contributed by atoms with van der Waals surface area (Å²) in [5.41, 5.74) is 2.31. The van der Waals surface area contributed by atoms with Crippen molar-refractivity contribution in [3.63, 3.8) is 0 Å². The second kappa shape index (κ2) is 7.68. The second-order valence-electron chi connectivity index (χ2n) is 6.16. The molecule has 1 saturated heterocycles. The minimum atomic E-state index is 0.166. The topological polar surface area (TPSA) is 47.0 Å². The van der Waals surface area contributed by atoms with Crippen LogP contribution >= 0.6 is 11.3 Å². The van der Waals surface area contributed by atoms with Crippen LogP contribution in [-0.2, 0) is 11.3 Å². The summed E-state index contributed by atoms with van der Waals surface area (Å²) < 4.78 is 0. The number of nitrogens with zero attached hydrogens (tertiary/aromatic N) is 3. The number of carbonyl (C=O) groups is 1. The molecule has 1 aromatic carbocycles. The molecule has 1 aliphatic heterocycles. The molecule has 1 N–H and O–H groups in total. The largest absolute Gasteiger partial charge is 0.508 e. The van der Waals surface area contributed by atoms with Gasteiger partial charge in [-0.05, 0) is 46.7 Å². The van der Waals surface area contributed by atoms with Crippen molar-refractivity contribution < 1.29 is 9.90 Å². The highest BCUT2D eigenvalue weighted by Gasteiger charge is 2.20. The highest BCUT2D eigenvalue weighted by Crippen LogP contribution is 2.19. The quantitative estimate of drug-likeness (QED) is 0.903. The molecule has 2 aromatic rings. The molecule has 0 spiro atoms. The highest BCUT2D eigenvalue weighted by molar-refractivity contribution is 7.07. The lowest BCUT2D eigenvalue weighted by molar-refractivity contribution is -0.131. The van der Waals surface area contributed by atoms with Gasteiger partial charge in [-0.25, -0.2) is 0 Å². The van der Waals surface area contributed by atoms with Gasteiger partial charge in [0.2, 0.25) is 5.91 Å². The summed E-state index contributed by atoms with van der Waals surface area (Å²) in [6, 6.07) is 9.36. The summed E-state index contributed by atoms with van der Waals surface area (Å²) in [5, 5.41) is 13.5. The molecule has 1 aliphatic rings. The zero-order valence-corrected chi connectivity index (χ0v) is 14.7. The molecule has 24 heavy (non-hydrogen) atoms. The van der Waals surface area contributed by atoms with Gasteiger partial charge in [0.25, 0.3) is 0 Å². The Kier molecular flexibility index (Phi) is 5.37. The van der Waals surface area contributed by atoms with E-state index in [2.05, 4.69) is 21.2 Å². The third-order valence-corrected chi connectivity index (χ3v) is 5.10. The molecule has 0 saturated carbocycles. The van der Waals surface area contributed by atoms with Gasteiger partial charge in [0.1, 0.15) is 5.75 Å². The van der Waals surface area contributed by atoms with Crippen molar-refractivity contribution in [2.24, 2.45) is 0 Å². The normalized spacial score (nSPS) is 15.5. The summed E-state index contributed by atoms with van der Waals surface area (Å²) in [7, 11) is 1.87. The van der Waals surface area contributed by atoms with Crippen molar-refractivity contribution in [1.29, 1.82) is 0 Å². The molecule has 1 fully saturated rings. The van der Waals surface area contributed by atoms with Crippen LogP contribution in [0.5, 0.6) is 5.75 Å². The second-order valence-corrected chi connectivity index (χ2v) is 6.94. The lowest BCUT2D eigenvalue weighted by atomic mass is 10.2. The van der Waals surface area contributed by atoms with Gasteiger partial charge in [-0.1, -0.05) is 0 Å². The Labute approximate surface area is 146 Å². The predicted octanol–water partition coefficient (Wildman–Crippen LogP) is 2.23. The average Bonchev–Trinajstić information content (AvgIpc) is 3.09. The fourth-order valence-corrected chi connectivity index (χ4v) is 3.54. The molecule has 128 valence electrons. The Bertz CT molecular complexity index is 649. The van der Waals surface area contributed by atoms with Gasteiger partial charge in [-0.3, -0.25) is 9.69 Å². The zero-order valence-electron chi connectivity index (χ0n) is 13.9. The molecular formula is C18H23N3O2S. The minimum absolute atomic E-state index is 0.166. The van der Waals surface area contributed by atoms with E-state index in [9.17, 15) is 9.90 Å². The maximum atomic E-state index is 12.4. The van der Waals surface area contributed by atoms with E-state index in [-0.39, 0.29) is 11.7 Å². The molecule has 1 aromatic heterocycles. The number of benzene rings is 1. The molecule has 2 heterocycles. The fourth-order valence-electron chi connectivity index (χ4n) is 2.88. The van der Waals surface area contributed by atoms with Gasteiger partial charge in [0.15, 0.2) is 0 Å². The Morgan fingerprint density at radius 1 is 1.17 bits per heavy atom. The lowest BCUT2D eigenvalue weighted by Gasteiger charge is -2.36. The van der Waals surface area contributed by atoms with Gasteiger partial charge in [-0.15, -0.1) is 0 Å². The van der Waals surface area contributed by atoms with Crippen LogP contribution in [-0.4, -0.2) is 60.6 Å². The van der Waals surface area contributed by atoms with Crippen LogP contribution in [0.3, 0.4) is 0 Å². The number of hydrogen-bond acceptors (Lipinski definition) is 5. The van der Waals surface area contributed by atoms with Crippen LogP contribution in [0.25, 0.3) is 0 Å². The number of amides is 1. The summed E-state index contributed by atoms with van der Waals surface area (Å²) in [4.78, 5) is 18.7. The molecule has 0 bridgehead atoms. The smallest absolute Gasteiger partial charge is 0.236 e.